The van der Waals surface area contributed by atoms with Crippen LogP contribution in [0.5, 0.6) is 0 Å². The zero-order chi connectivity index (χ0) is 13.7. The van der Waals surface area contributed by atoms with Crippen molar-refractivity contribution in [2.24, 2.45) is 0 Å². The quantitative estimate of drug-likeness (QED) is 0.895. The lowest BCUT2D eigenvalue weighted by Gasteiger charge is -2.05. The molecule has 4 nitrogen and oxygen atoms in total. The molecule has 0 saturated carbocycles. The van der Waals surface area contributed by atoms with Gasteiger partial charge in [-0.2, -0.15) is 5.10 Å². The van der Waals surface area contributed by atoms with Crippen LogP contribution in [0.25, 0.3) is 0 Å². The van der Waals surface area contributed by atoms with Crippen molar-refractivity contribution in [3.63, 3.8) is 0 Å². The SMILES string of the molecule is CCCC(=O)Nc1cnn(Cc2ccccc2C)c1. The van der Waals surface area contributed by atoms with Gasteiger partial charge in [-0.25, -0.2) is 0 Å². The summed E-state index contributed by atoms with van der Waals surface area (Å²) in [5.41, 5.74) is 3.23. The molecule has 0 saturated heterocycles. The molecule has 0 atom stereocenters. The molecule has 1 aromatic heterocycles. The van der Waals surface area contributed by atoms with Crippen LogP contribution >= 0.6 is 0 Å². The van der Waals surface area contributed by atoms with E-state index in [1.165, 1.54) is 11.1 Å². The van der Waals surface area contributed by atoms with E-state index in [1.807, 2.05) is 29.9 Å². The van der Waals surface area contributed by atoms with Crippen molar-refractivity contribution in [1.82, 2.24) is 9.78 Å². The first kappa shape index (κ1) is 13.3. The fourth-order valence-electron chi connectivity index (χ4n) is 1.93. The van der Waals surface area contributed by atoms with Crippen molar-refractivity contribution in [1.29, 1.82) is 0 Å². The molecular weight excluding hydrogens is 238 g/mol. The van der Waals surface area contributed by atoms with Gasteiger partial charge in [0.1, 0.15) is 0 Å². The van der Waals surface area contributed by atoms with Crippen molar-refractivity contribution in [2.45, 2.75) is 33.2 Å². The predicted octanol–water partition coefficient (Wildman–Crippen LogP) is 2.98. The summed E-state index contributed by atoms with van der Waals surface area (Å²) in [5.74, 6) is 0.0398. The number of nitrogens with zero attached hydrogens (tertiary/aromatic N) is 2. The molecule has 0 aliphatic rings. The van der Waals surface area contributed by atoms with Crippen LogP contribution in [0.15, 0.2) is 36.7 Å². The molecule has 2 aromatic rings. The second kappa shape index (κ2) is 6.18. The van der Waals surface area contributed by atoms with Gasteiger partial charge < -0.3 is 5.32 Å². The van der Waals surface area contributed by atoms with E-state index in [9.17, 15) is 4.79 Å². The molecular formula is C15H19N3O. The maximum absolute atomic E-state index is 11.5. The highest BCUT2D eigenvalue weighted by Gasteiger charge is 2.04. The smallest absolute Gasteiger partial charge is 0.224 e. The third kappa shape index (κ3) is 3.68. The van der Waals surface area contributed by atoms with Crippen LogP contribution in [0.2, 0.25) is 0 Å². The number of amides is 1. The Labute approximate surface area is 113 Å². The number of rotatable bonds is 5. The van der Waals surface area contributed by atoms with Gasteiger partial charge in [-0.3, -0.25) is 9.48 Å². The summed E-state index contributed by atoms with van der Waals surface area (Å²) in [6, 6.07) is 8.23. The molecule has 0 spiro atoms. The van der Waals surface area contributed by atoms with E-state index in [0.29, 0.717) is 6.42 Å². The predicted molar refractivity (Wildman–Crippen MR) is 76.0 cm³/mol. The Morgan fingerprint density at radius 3 is 2.89 bits per heavy atom. The van der Waals surface area contributed by atoms with Gasteiger partial charge in [-0.15, -0.1) is 0 Å². The molecule has 0 fully saturated rings. The molecule has 1 heterocycles. The standard InChI is InChI=1S/C15H19N3O/c1-3-6-15(19)17-14-9-16-18(11-14)10-13-8-5-4-7-12(13)2/h4-5,7-9,11H,3,6,10H2,1-2H3,(H,17,19). The fourth-order valence-corrected chi connectivity index (χ4v) is 1.93. The van der Waals surface area contributed by atoms with E-state index < -0.39 is 0 Å². The van der Waals surface area contributed by atoms with Crippen LogP contribution < -0.4 is 5.32 Å². The third-order valence-corrected chi connectivity index (χ3v) is 2.99. The highest BCUT2D eigenvalue weighted by atomic mass is 16.1. The first-order valence-electron chi connectivity index (χ1n) is 6.56. The minimum Gasteiger partial charge on any atom is -0.323 e. The molecule has 1 amide bonds. The molecule has 19 heavy (non-hydrogen) atoms. The van der Waals surface area contributed by atoms with Crippen LogP contribution in [-0.4, -0.2) is 15.7 Å². The van der Waals surface area contributed by atoms with Gasteiger partial charge in [0.2, 0.25) is 5.91 Å². The average molecular weight is 257 g/mol. The molecule has 0 radical (unpaired) electrons. The first-order chi connectivity index (χ1) is 9.19. The molecule has 100 valence electrons. The van der Waals surface area contributed by atoms with Crippen molar-refractivity contribution < 1.29 is 4.79 Å². The van der Waals surface area contributed by atoms with Crippen molar-refractivity contribution >= 4 is 11.6 Å². The summed E-state index contributed by atoms with van der Waals surface area (Å²) in [6.07, 6.45) is 4.94. The fraction of sp³-hybridized carbons (Fsp3) is 0.333. The summed E-state index contributed by atoms with van der Waals surface area (Å²) >= 11 is 0. The molecule has 4 heteroatoms. The molecule has 0 aliphatic heterocycles. The summed E-state index contributed by atoms with van der Waals surface area (Å²) in [7, 11) is 0. The first-order valence-corrected chi connectivity index (χ1v) is 6.56. The van der Waals surface area contributed by atoms with Gasteiger partial charge >= 0.3 is 0 Å². The van der Waals surface area contributed by atoms with Crippen molar-refractivity contribution in [2.75, 3.05) is 5.32 Å². The summed E-state index contributed by atoms with van der Waals surface area (Å²) < 4.78 is 1.84. The molecule has 0 unspecified atom stereocenters. The summed E-state index contributed by atoms with van der Waals surface area (Å²) in [5, 5.41) is 7.11. The number of carbonyl (C=O) groups excluding carboxylic acids is 1. The number of aromatic nitrogens is 2. The zero-order valence-electron chi connectivity index (χ0n) is 11.4. The highest BCUT2D eigenvalue weighted by molar-refractivity contribution is 5.90. The maximum Gasteiger partial charge on any atom is 0.224 e. The van der Waals surface area contributed by atoms with Crippen LogP contribution in [0.1, 0.15) is 30.9 Å². The van der Waals surface area contributed by atoms with E-state index in [4.69, 9.17) is 0 Å². The second-order valence-electron chi connectivity index (χ2n) is 4.65. The van der Waals surface area contributed by atoms with Crippen LogP contribution in [0.4, 0.5) is 5.69 Å². The zero-order valence-corrected chi connectivity index (χ0v) is 11.4. The number of hydrogen-bond acceptors (Lipinski definition) is 2. The maximum atomic E-state index is 11.5. The Hall–Kier alpha value is -2.10. The molecule has 2 rings (SSSR count). The molecule has 1 N–H and O–H groups in total. The van der Waals surface area contributed by atoms with Crippen LogP contribution in [-0.2, 0) is 11.3 Å². The number of anilines is 1. The lowest BCUT2D eigenvalue weighted by atomic mass is 10.1. The largest absolute Gasteiger partial charge is 0.323 e. The minimum atomic E-state index is 0.0398. The second-order valence-corrected chi connectivity index (χ2v) is 4.65. The number of benzene rings is 1. The van der Waals surface area contributed by atoms with Crippen LogP contribution in [0.3, 0.4) is 0 Å². The van der Waals surface area contributed by atoms with Gasteiger partial charge in [-0.1, -0.05) is 31.2 Å². The third-order valence-electron chi connectivity index (χ3n) is 2.99. The van der Waals surface area contributed by atoms with E-state index in [1.54, 1.807) is 6.20 Å². The van der Waals surface area contributed by atoms with E-state index in [-0.39, 0.29) is 5.91 Å². The Morgan fingerprint density at radius 2 is 2.16 bits per heavy atom. The molecule has 0 aliphatic carbocycles. The summed E-state index contributed by atoms with van der Waals surface area (Å²) in [6.45, 7) is 4.79. The normalized spacial score (nSPS) is 10.4. The Kier molecular flexibility index (Phi) is 4.34. The highest BCUT2D eigenvalue weighted by Crippen LogP contribution is 2.11. The number of carbonyl (C=O) groups is 1. The monoisotopic (exact) mass is 257 g/mol. The molecule has 1 aromatic carbocycles. The Bertz CT molecular complexity index is 560. The van der Waals surface area contributed by atoms with E-state index in [0.717, 1.165) is 18.7 Å². The van der Waals surface area contributed by atoms with Gasteiger partial charge in [0, 0.05) is 12.6 Å². The van der Waals surface area contributed by atoms with Crippen molar-refractivity contribution in [3.8, 4) is 0 Å². The Balaban J connectivity index is 2.02. The molecule has 0 bridgehead atoms. The lowest BCUT2D eigenvalue weighted by Crippen LogP contribution is -2.10. The van der Waals surface area contributed by atoms with Gasteiger partial charge in [-0.05, 0) is 24.5 Å². The lowest BCUT2D eigenvalue weighted by molar-refractivity contribution is -0.116. The topological polar surface area (TPSA) is 46.9 Å². The van der Waals surface area contributed by atoms with E-state index >= 15 is 0 Å². The van der Waals surface area contributed by atoms with Crippen LogP contribution in [0, 0.1) is 6.92 Å². The van der Waals surface area contributed by atoms with E-state index in [2.05, 4.69) is 29.5 Å². The van der Waals surface area contributed by atoms with Crippen molar-refractivity contribution in [3.05, 3.63) is 47.8 Å². The average Bonchev–Trinajstić information content (AvgIpc) is 2.80. The number of nitrogens with one attached hydrogen (secondary N) is 1. The number of hydrogen-bond donors (Lipinski definition) is 1. The van der Waals surface area contributed by atoms with Gasteiger partial charge in [0.15, 0.2) is 0 Å². The van der Waals surface area contributed by atoms with Gasteiger partial charge in [0.05, 0.1) is 18.4 Å². The Morgan fingerprint density at radius 1 is 1.37 bits per heavy atom. The van der Waals surface area contributed by atoms with Gasteiger partial charge in [0.25, 0.3) is 0 Å². The minimum absolute atomic E-state index is 0.0398. The number of aryl methyl sites for hydroxylation is 1. The summed E-state index contributed by atoms with van der Waals surface area (Å²) in [4.78, 5) is 11.5.